The number of benzene rings is 1. The lowest BCUT2D eigenvalue weighted by atomic mass is 9.93. The largest absolute Gasteiger partial charge is 0.508 e. The molecule has 1 saturated carbocycles. The number of hydrogen-bond acceptors (Lipinski definition) is 7. The van der Waals surface area contributed by atoms with Crippen molar-refractivity contribution in [2.75, 3.05) is 32.9 Å². The summed E-state index contributed by atoms with van der Waals surface area (Å²) in [6.07, 6.45) is 15.7. The Morgan fingerprint density at radius 3 is 2.79 bits per heavy atom. The number of phenols is 1. The SMILES string of the molecule is C=CCOC1/C=C/CCOC(=O)c2c(cc(O)cc2C2CC2)CC(=N/OCC(=O)N2CCCCC2)/C=C/C1. The van der Waals surface area contributed by atoms with Crippen molar-refractivity contribution >= 4 is 17.6 Å². The van der Waals surface area contributed by atoms with Crippen LogP contribution in [0, 0.1) is 0 Å². The Morgan fingerprint density at radius 2 is 2.03 bits per heavy atom. The van der Waals surface area contributed by atoms with Crippen molar-refractivity contribution in [1.29, 1.82) is 0 Å². The first-order chi connectivity index (χ1) is 18.5. The van der Waals surface area contributed by atoms with Crippen molar-refractivity contribution in [3.63, 3.8) is 0 Å². The molecule has 0 spiro atoms. The molecule has 1 aromatic carbocycles. The molecule has 4 rings (SSSR count). The maximum absolute atomic E-state index is 13.2. The van der Waals surface area contributed by atoms with E-state index in [1.54, 1.807) is 18.2 Å². The number of rotatable bonds is 7. The molecule has 0 aromatic heterocycles. The third-order valence-corrected chi connectivity index (χ3v) is 6.88. The Bertz CT molecular complexity index is 1080. The summed E-state index contributed by atoms with van der Waals surface area (Å²) in [5, 5.41) is 14.8. The molecule has 1 atom stereocenters. The van der Waals surface area contributed by atoms with Gasteiger partial charge in [0.25, 0.3) is 5.91 Å². The maximum Gasteiger partial charge on any atom is 0.338 e. The minimum atomic E-state index is -0.406. The van der Waals surface area contributed by atoms with E-state index in [0.29, 0.717) is 36.3 Å². The molecule has 1 aliphatic carbocycles. The zero-order valence-corrected chi connectivity index (χ0v) is 22.0. The van der Waals surface area contributed by atoms with E-state index < -0.39 is 5.97 Å². The number of phenolic OH excluding ortho intramolecular Hbond substituents is 1. The third-order valence-electron chi connectivity index (χ3n) is 6.88. The summed E-state index contributed by atoms with van der Waals surface area (Å²) >= 11 is 0. The number of carbonyl (C=O) groups is 2. The van der Waals surface area contributed by atoms with Crippen LogP contribution in [0.2, 0.25) is 0 Å². The highest BCUT2D eigenvalue weighted by Crippen LogP contribution is 2.44. The molecule has 8 heteroatoms. The monoisotopic (exact) mass is 522 g/mol. The van der Waals surface area contributed by atoms with E-state index in [1.807, 2.05) is 29.2 Å². The number of likely N-dealkylation sites (tertiary alicyclic amines) is 1. The summed E-state index contributed by atoms with van der Waals surface area (Å²) in [7, 11) is 0. The quantitative estimate of drug-likeness (QED) is 0.313. The summed E-state index contributed by atoms with van der Waals surface area (Å²) in [6.45, 7) is 5.72. The van der Waals surface area contributed by atoms with Gasteiger partial charge < -0.3 is 24.3 Å². The Hall–Kier alpha value is -3.39. The van der Waals surface area contributed by atoms with Gasteiger partial charge in [-0.2, -0.15) is 0 Å². The van der Waals surface area contributed by atoms with Crippen molar-refractivity contribution in [2.45, 2.75) is 63.4 Å². The van der Waals surface area contributed by atoms with Crippen molar-refractivity contribution in [3.05, 3.63) is 65.8 Å². The number of hydrogen-bond donors (Lipinski definition) is 1. The molecule has 1 aromatic rings. The van der Waals surface area contributed by atoms with Gasteiger partial charge in [0.05, 0.1) is 30.6 Å². The van der Waals surface area contributed by atoms with Crippen LogP contribution in [0.15, 0.2) is 54.2 Å². The Morgan fingerprint density at radius 1 is 1.21 bits per heavy atom. The summed E-state index contributed by atoms with van der Waals surface area (Å²) < 4.78 is 11.5. The predicted octanol–water partition coefficient (Wildman–Crippen LogP) is 4.83. The van der Waals surface area contributed by atoms with Crippen molar-refractivity contribution in [1.82, 2.24) is 4.90 Å². The van der Waals surface area contributed by atoms with Gasteiger partial charge in [-0.15, -0.1) is 6.58 Å². The lowest BCUT2D eigenvalue weighted by molar-refractivity contribution is -0.137. The van der Waals surface area contributed by atoms with Crippen LogP contribution in [-0.2, 0) is 25.5 Å². The van der Waals surface area contributed by atoms with Crippen LogP contribution in [0.1, 0.15) is 72.3 Å². The van der Waals surface area contributed by atoms with Gasteiger partial charge in [0.2, 0.25) is 0 Å². The third kappa shape index (κ3) is 8.05. The van der Waals surface area contributed by atoms with Crippen LogP contribution >= 0.6 is 0 Å². The lowest BCUT2D eigenvalue weighted by Crippen LogP contribution is -2.37. The molecule has 3 aliphatic rings. The van der Waals surface area contributed by atoms with Crippen molar-refractivity contribution in [2.24, 2.45) is 5.16 Å². The second-order valence-corrected chi connectivity index (χ2v) is 9.97. The zero-order valence-electron chi connectivity index (χ0n) is 22.0. The molecule has 1 N–H and O–H groups in total. The fourth-order valence-electron chi connectivity index (χ4n) is 4.81. The molecule has 2 aliphatic heterocycles. The van der Waals surface area contributed by atoms with Gasteiger partial charge in [-0.1, -0.05) is 29.5 Å². The highest BCUT2D eigenvalue weighted by molar-refractivity contribution is 6.00. The van der Waals surface area contributed by atoms with Gasteiger partial charge in [-0.3, -0.25) is 4.79 Å². The molecular formula is C30H38N2O6. The van der Waals surface area contributed by atoms with Gasteiger partial charge in [-0.05, 0) is 80.2 Å². The number of esters is 1. The first kappa shape index (κ1) is 27.6. The molecule has 1 saturated heterocycles. The summed E-state index contributed by atoms with van der Waals surface area (Å²) in [5.41, 5.74) is 2.46. The topological polar surface area (TPSA) is 97.7 Å². The number of ether oxygens (including phenoxy) is 2. The summed E-state index contributed by atoms with van der Waals surface area (Å²) in [6, 6.07) is 3.26. The molecule has 1 amide bonds. The first-order valence-corrected chi connectivity index (χ1v) is 13.6. The van der Waals surface area contributed by atoms with Crippen LogP contribution in [0.5, 0.6) is 5.75 Å². The highest BCUT2D eigenvalue weighted by atomic mass is 16.6. The van der Waals surface area contributed by atoms with E-state index in [2.05, 4.69) is 11.7 Å². The van der Waals surface area contributed by atoms with E-state index >= 15 is 0 Å². The van der Waals surface area contributed by atoms with Crippen LogP contribution < -0.4 is 0 Å². The minimum absolute atomic E-state index is 0.0837. The smallest absolute Gasteiger partial charge is 0.338 e. The Labute approximate surface area is 224 Å². The van der Waals surface area contributed by atoms with Gasteiger partial charge >= 0.3 is 5.97 Å². The standard InChI is InChI=1S/C30H38N2O6/c1-2-16-36-26-10-4-7-17-37-30(35)29-23(19-25(33)20-27(29)22-12-13-22)18-24(9-8-11-26)31-38-21-28(34)32-14-5-3-6-15-32/h2,4,8-10,19-20,22,26,33H,1,3,5-7,11-18,21H2/b9-8+,10-4+,31-24+. The van der Waals surface area contributed by atoms with E-state index in [9.17, 15) is 14.7 Å². The second kappa shape index (κ2) is 14.0. The van der Waals surface area contributed by atoms with Crippen LogP contribution in [0.25, 0.3) is 0 Å². The number of amides is 1. The van der Waals surface area contributed by atoms with E-state index in [4.69, 9.17) is 14.3 Å². The number of allylic oxidation sites excluding steroid dienone is 1. The van der Waals surface area contributed by atoms with Gasteiger partial charge in [-0.25, -0.2) is 4.79 Å². The fraction of sp³-hybridized carbons (Fsp3) is 0.500. The number of nitrogens with zero attached hydrogens (tertiary/aromatic N) is 2. The second-order valence-electron chi connectivity index (χ2n) is 9.97. The molecular weight excluding hydrogens is 484 g/mol. The van der Waals surface area contributed by atoms with Gasteiger partial charge in [0.15, 0.2) is 6.61 Å². The van der Waals surface area contributed by atoms with Crippen LogP contribution in [0.3, 0.4) is 0 Å². The molecule has 0 bridgehead atoms. The van der Waals surface area contributed by atoms with Crippen molar-refractivity contribution in [3.8, 4) is 5.75 Å². The van der Waals surface area contributed by atoms with Gasteiger partial charge in [0.1, 0.15) is 5.75 Å². The normalized spacial score (nSPS) is 23.6. The van der Waals surface area contributed by atoms with Crippen molar-refractivity contribution < 1.29 is 29.0 Å². The number of cyclic esters (lactones) is 1. The molecule has 2 fully saturated rings. The number of aromatic hydroxyl groups is 1. The van der Waals surface area contributed by atoms with Gasteiger partial charge in [0, 0.05) is 19.5 Å². The summed E-state index contributed by atoms with van der Waals surface area (Å²) in [4.78, 5) is 33.1. The average molecular weight is 523 g/mol. The van der Waals surface area contributed by atoms with Crippen LogP contribution in [-0.4, -0.2) is 66.6 Å². The molecule has 2 heterocycles. The predicted molar refractivity (Wildman–Crippen MR) is 145 cm³/mol. The highest BCUT2D eigenvalue weighted by Gasteiger charge is 2.31. The average Bonchev–Trinajstić information content (AvgIpc) is 3.76. The molecule has 8 nitrogen and oxygen atoms in total. The van der Waals surface area contributed by atoms with E-state index in [0.717, 1.165) is 50.8 Å². The Balaban J connectivity index is 1.60. The minimum Gasteiger partial charge on any atom is -0.508 e. The van der Waals surface area contributed by atoms with E-state index in [1.165, 1.54) is 0 Å². The van der Waals surface area contributed by atoms with E-state index in [-0.39, 0.29) is 43.3 Å². The number of oxime groups is 1. The van der Waals surface area contributed by atoms with Crippen LogP contribution in [0.4, 0.5) is 0 Å². The Kier molecular flexibility index (Phi) is 10.1. The number of carbonyl (C=O) groups excluding carboxylic acids is 2. The zero-order chi connectivity index (χ0) is 26.7. The molecule has 0 radical (unpaired) electrons. The number of piperidine rings is 1. The maximum atomic E-state index is 13.2. The molecule has 38 heavy (non-hydrogen) atoms. The summed E-state index contributed by atoms with van der Waals surface area (Å²) in [5.74, 6) is -0.153. The first-order valence-electron chi connectivity index (χ1n) is 13.6. The number of fused-ring (bicyclic) bond motifs is 1. The fourth-order valence-corrected chi connectivity index (χ4v) is 4.81. The molecule has 204 valence electrons. The molecule has 1 unspecified atom stereocenters. The lowest BCUT2D eigenvalue weighted by Gasteiger charge is -2.26.